The van der Waals surface area contributed by atoms with Crippen molar-refractivity contribution in [1.29, 1.82) is 0 Å². The number of carboxylic acid groups (broad SMARTS) is 1. The van der Waals surface area contributed by atoms with E-state index < -0.39 is 28.7 Å². The van der Waals surface area contributed by atoms with Crippen LogP contribution in [0.1, 0.15) is 19.0 Å². The number of thioether (sulfide) groups is 2. The highest BCUT2D eigenvalue weighted by Crippen LogP contribution is 2.44. The molecule has 35 heavy (non-hydrogen) atoms. The zero-order valence-corrected chi connectivity index (χ0v) is 21.2. The zero-order chi connectivity index (χ0) is 25.2. The molecule has 4 rings (SSSR count). The number of tetrazole rings is 1. The van der Waals surface area contributed by atoms with Gasteiger partial charge in [0, 0.05) is 30.0 Å². The molecule has 188 valence electrons. The van der Waals surface area contributed by atoms with Gasteiger partial charge in [-0.15, -0.1) is 28.2 Å². The van der Waals surface area contributed by atoms with Gasteiger partial charge in [-0.25, -0.2) is 9.67 Å². The average Bonchev–Trinajstić information content (AvgIpc) is 3.48. The van der Waals surface area contributed by atoms with Crippen molar-refractivity contribution < 1.29 is 24.3 Å². The first-order valence-corrected chi connectivity index (χ1v) is 13.4. The van der Waals surface area contributed by atoms with Crippen LogP contribution >= 0.6 is 34.9 Å². The Morgan fingerprint density at radius 3 is 2.94 bits per heavy atom. The standard InChI is InChI=1S/C18H23N9O5S3/c1-3-4-27-17(22-24-25-27)35-8-18(15(30)31)6-26-13(29)11(14(26)34-7-18)21-12(28)10(23-32-2)9-5-33-16(19)20-9/h5,11,14H,3-4,6-8H2,1-2H3,(H2,19,20)(H,21,28)(H,30,31)/t11?,14-,18?/m1/s1. The second kappa shape index (κ2) is 10.4. The summed E-state index contributed by atoms with van der Waals surface area (Å²) in [5, 5.41) is 30.0. The van der Waals surface area contributed by atoms with E-state index in [2.05, 4.69) is 31.0 Å². The molecule has 0 saturated carbocycles. The molecular weight excluding hydrogens is 518 g/mol. The minimum atomic E-state index is -1.18. The number of carboxylic acids is 1. The van der Waals surface area contributed by atoms with Crippen LogP contribution in [-0.4, -0.2) is 95.3 Å². The first-order chi connectivity index (χ1) is 16.8. The van der Waals surface area contributed by atoms with E-state index in [1.54, 1.807) is 10.1 Å². The predicted octanol–water partition coefficient (Wildman–Crippen LogP) is -0.264. The summed E-state index contributed by atoms with van der Waals surface area (Å²) in [4.78, 5) is 48.3. The van der Waals surface area contributed by atoms with Crippen molar-refractivity contribution in [1.82, 2.24) is 35.4 Å². The van der Waals surface area contributed by atoms with Crippen LogP contribution in [0.5, 0.6) is 0 Å². The summed E-state index contributed by atoms with van der Waals surface area (Å²) < 4.78 is 1.63. The molecule has 2 aromatic heterocycles. The van der Waals surface area contributed by atoms with Crippen LogP contribution in [0.2, 0.25) is 0 Å². The van der Waals surface area contributed by atoms with Crippen molar-refractivity contribution in [3.05, 3.63) is 11.1 Å². The number of thiazole rings is 1. The van der Waals surface area contributed by atoms with Gasteiger partial charge in [0.1, 0.15) is 29.6 Å². The number of fused-ring (bicyclic) bond motifs is 1. The number of nitrogen functional groups attached to an aromatic ring is 1. The molecule has 4 N–H and O–H groups in total. The Balaban J connectivity index is 1.42. The van der Waals surface area contributed by atoms with Crippen molar-refractivity contribution >= 4 is 63.5 Å². The fourth-order valence-corrected chi connectivity index (χ4v) is 6.97. The fraction of sp³-hybridized carbons (Fsp3) is 0.556. The highest BCUT2D eigenvalue weighted by molar-refractivity contribution is 8.00. The van der Waals surface area contributed by atoms with Gasteiger partial charge >= 0.3 is 5.97 Å². The van der Waals surface area contributed by atoms with Gasteiger partial charge in [0.2, 0.25) is 11.1 Å². The third-order valence-corrected chi connectivity index (χ3v) is 8.97. The molecule has 2 aliphatic heterocycles. The van der Waals surface area contributed by atoms with Crippen LogP contribution in [-0.2, 0) is 25.8 Å². The minimum Gasteiger partial charge on any atom is -0.481 e. The quantitative estimate of drug-likeness (QED) is 0.155. The number of aryl methyl sites for hydroxylation is 1. The summed E-state index contributed by atoms with van der Waals surface area (Å²) >= 11 is 3.71. The number of hydrogen-bond acceptors (Lipinski definition) is 13. The topological polar surface area (TPSA) is 191 Å². The normalized spacial score (nSPS) is 24.0. The number of anilines is 1. The van der Waals surface area contributed by atoms with Gasteiger partial charge in [-0.3, -0.25) is 14.4 Å². The Morgan fingerprint density at radius 1 is 1.49 bits per heavy atom. The zero-order valence-electron chi connectivity index (χ0n) is 18.8. The number of rotatable bonds is 10. The van der Waals surface area contributed by atoms with Crippen LogP contribution in [0, 0.1) is 5.41 Å². The number of aromatic nitrogens is 5. The summed E-state index contributed by atoms with van der Waals surface area (Å²) in [6.45, 7) is 2.64. The molecule has 17 heteroatoms. The van der Waals surface area contributed by atoms with E-state index in [1.807, 2.05) is 6.92 Å². The van der Waals surface area contributed by atoms with E-state index in [1.165, 1.54) is 35.5 Å². The van der Waals surface area contributed by atoms with E-state index in [0.717, 1.165) is 17.8 Å². The molecule has 3 atom stereocenters. The Bertz CT molecular complexity index is 1150. The fourth-order valence-electron chi connectivity index (χ4n) is 3.66. The molecule has 2 unspecified atom stereocenters. The highest BCUT2D eigenvalue weighted by atomic mass is 32.2. The maximum atomic E-state index is 12.9. The number of carbonyl (C=O) groups is 3. The Kier molecular flexibility index (Phi) is 7.46. The Hall–Kier alpha value is -2.92. The van der Waals surface area contributed by atoms with Crippen LogP contribution in [0.25, 0.3) is 0 Å². The van der Waals surface area contributed by atoms with Crippen LogP contribution < -0.4 is 11.1 Å². The molecule has 2 amide bonds. The van der Waals surface area contributed by atoms with E-state index in [9.17, 15) is 19.5 Å². The highest BCUT2D eigenvalue weighted by Gasteiger charge is 2.57. The smallest absolute Gasteiger partial charge is 0.313 e. The maximum Gasteiger partial charge on any atom is 0.313 e. The van der Waals surface area contributed by atoms with Gasteiger partial charge in [-0.05, 0) is 16.8 Å². The second-order valence-corrected chi connectivity index (χ2v) is 10.8. The van der Waals surface area contributed by atoms with Crippen LogP contribution in [0.15, 0.2) is 15.7 Å². The average molecular weight is 542 g/mol. The SMILES string of the molecule is CCCn1nnnc1SCC1(C(=O)O)CS[C@@H]2C(NC(=O)C(=NOC)c3csc(N)n3)C(=O)N2C1. The van der Waals surface area contributed by atoms with Gasteiger partial charge in [0.25, 0.3) is 5.91 Å². The number of carbonyl (C=O) groups excluding carboxylic acids is 2. The summed E-state index contributed by atoms with van der Waals surface area (Å²) in [7, 11) is 1.29. The van der Waals surface area contributed by atoms with E-state index in [4.69, 9.17) is 10.6 Å². The second-order valence-electron chi connectivity index (χ2n) is 7.87. The molecule has 4 heterocycles. The van der Waals surface area contributed by atoms with Gasteiger partial charge in [0.05, 0.1) is 0 Å². The van der Waals surface area contributed by atoms with Crippen molar-refractivity contribution in [3.63, 3.8) is 0 Å². The third kappa shape index (κ3) is 4.92. The van der Waals surface area contributed by atoms with Crippen LogP contribution in [0.3, 0.4) is 0 Å². The van der Waals surface area contributed by atoms with E-state index >= 15 is 0 Å². The molecule has 2 aliphatic rings. The predicted molar refractivity (Wildman–Crippen MR) is 129 cm³/mol. The number of aliphatic carboxylic acids is 1. The lowest BCUT2D eigenvalue weighted by atomic mass is 9.89. The summed E-state index contributed by atoms with van der Waals surface area (Å²) in [6, 6.07) is -0.818. The Morgan fingerprint density at radius 2 is 2.29 bits per heavy atom. The number of β-lactam (4-membered cyclic amide) rings is 1. The number of nitrogens with one attached hydrogen (secondary N) is 1. The Labute approximate surface area is 212 Å². The third-order valence-electron chi connectivity index (χ3n) is 5.46. The molecule has 0 aromatic carbocycles. The molecule has 14 nitrogen and oxygen atoms in total. The maximum absolute atomic E-state index is 12.9. The lowest BCUT2D eigenvalue weighted by Crippen LogP contribution is -2.74. The molecule has 2 saturated heterocycles. The first-order valence-electron chi connectivity index (χ1n) is 10.5. The molecule has 0 radical (unpaired) electrons. The number of oxime groups is 1. The van der Waals surface area contributed by atoms with Crippen molar-refractivity contribution in [2.24, 2.45) is 10.6 Å². The molecule has 2 aromatic rings. The van der Waals surface area contributed by atoms with Crippen LogP contribution in [0.4, 0.5) is 5.13 Å². The number of nitrogens with two attached hydrogens (primary N) is 1. The van der Waals surface area contributed by atoms with Crippen molar-refractivity contribution in [2.45, 2.75) is 36.5 Å². The van der Waals surface area contributed by atoms with E-state index in [-0.39, 0.29) is 40.5 Å². The van der Waals surface area contributed by atoms with Gasteiger partial charge in [-0.2, -0.15) is 0 Å². The molecular formula is C18H23N9O5S3. The lowest BCUT2D eigenvalue weighted by Gasteiger charge is -2.53. The summed E-state index contributed by atoms with van der Waals surface area (Å²) in [6.07, 6.45) is 0.836. The van der Waals surface area contributed by atoms with Crippen molar-refractivity contribution in [2.75, 3.05) is 30.9 Å². The number of amides is 2. The summed E-state index contributed by atoms with van der Waals surface area (Å²) in [5.41, 5.74) is 4.60. The monoisotopic (exact) mass is 541 g/mol. The van der Waals surface area contributed by atoms with Gasteiger partial charge in [0.15, 0.2) is 10.8 Å². The lowest BCUT2D eigenvalue weighted by molar-refractivity contribution is -0.157. The van der Waals surface area contributed by atoms with Gasteiger partial charge < -0.3 is 25.9 Å². The van der Waals surface area contributed by atoms with Gasteiger partial charge in [-0.1, -0.05) is 23.8 Å². The number of hydrogen-bond donors (Lipinski definition) is 3. The molecule has 0 spiro atoms. The summed E-state index contributed by atoms with van der Waals surface area (Å²) in [5.74, 6) is -1.54. The largest absolute Gasteiger partial charge is 0.481 e. The first kappa shape index (κ1) is 25.2. The van der Waals surface area contributed by atoms with Crippen molar-refractivity contribution in [3.8, 4) is 0 Å². The van der Waals surface area contributed by atoms with E-state index in [0.29, 0.717) is 11.7 Å². The molecule has 0 bridgehead atoms. The molecule has 0 aliphatic carbocycles. The molecule has 2 fully saturated rings. The minimum absolute atomic E-state index is 0.0230. The number of nitrogens with zero attached hydrogens (tertiary/aromatic N) is 7.